The van der Waals surface area contributed by atoms with Gasteiger partial charge in [0.05, 0.1) is 22.8 Å². The third-order valence-electron chi connectivity index (χ3n) is 3.48. The molecule has 1 aliphatic rings. The predicted octanol–water partition coefficient (Wildman–Crippen LogP) is 1.63. The van der Waals surface area contributed by atoms with Crippen molar-refractivity contribution in [3.8, 4) is 0 Å². The van der Waals surface area contributed by atoms with E-state index < -0.39 is 17.3 Å². The molecule has 0 atom stereocenters. The highest BCUT2D eigenvalue weighted by Gasteiger charge is 2.34. The Kier molecular flexibility index (Phi) is 3.01. The second kappa shape index (κ2) is 4.59. The van der Waals surface area contributed by atoms with E-state index in [1.54, 1.807) is 0 Å². The summed E-state index contributed by atoms with van der Waals surface area (Å²) in [4.78, 5) is 16.2. The van der Waals surface area contributed by atoms with Crippen molar-refractivity contribution in [2.45, 2.75) is 12.7 Å². The first-order valence-corrected chi connectivity index (χ1v) is 6.23. The first kappa shape index (κ1) is 13.1. The maximum Gasteiger partial charge on any atom is 0.417 e. The summed E-state index contributed by atoms with van der Waals surface area (Å²) in [5, 5.41) is 2.71. The zero-order valence-corrected chi connectivity index (χ0v) is 10.4. The minimum atomic E-state index is -4.56. The molecular formula is C13H12F3N3O. The number of alkyl halides is 3. The Morgan fingerprint density at radius 3 is 2.70 bits per heavy atom. The number of nitrogens with zero attached hydrogens (tertiary/aromatic N) is 2. The number of fused-ring (bicyclic) bond motifs is 1. The summed E-state index contributed by atoms with van der Waals surface area (Å²) in [6, 6.07) is 3.60. The number of halogens is 3. The molecule has 106 valence electrons. The van der Waals surface area contributed by atoms with Gasteiger partial charge in [-0.15, -0.1) is 0 Å². The van der Waals surface area contributed by atoms with Crippen molar-refractivity contribution in [1.82, 2.24) is 14.9 Å². The van der Waals surface area contributed by atoms with Gasteiger partial charge in [0.1, 0.15) is 0 Å². The van der Waals surface area contributed by atoms with Crippen LogP contribution in [0.2, 0.25) is 0 Å². The van der Waals surface area contributed by atoms with Gasteiger partial charge in [-0.3, -0.25) is 9.36 Å². The Morgan fingerprint density at radius 1 is 1.35 bits per heavy atom. The Hall–Kier alpha value is -1.89. The number of aromatic nitrogens is 2. The van der Waals surface area contributed by atoms with Gasteiger partial charge < -0.3 is 5.32 Å². The van der Waals surface area contributed by atoms with Gasteiger partial charge in [0.25, 0.3) is 5.56 Å². The molecule has 1 fully saturated rings. The second-order valence-corrected chi connectivity index (χ2v) is 4.92. The summed E-state index contributed by atoms with van der Waals surface area (Å²) in [6.07, 6.45) is -3.24. The molecule has 2 heterocycles. The fourth-order valence-corrected chi connectivity index (χ4v) is 2.32. The van der Waals surface area contributed by atoms with Crippen molar-refractivity contribution >= 4 is 10.9 Å². The van der Waals surface area contributed by atoms with Crippen molar-refractivity contribution in [1.29, 1.82) is 0 Å². The lowest BCUT2D eigenvalue weighted by molar-refractivity contribution is -0.136. The molecule has 0 radical (unpaired) electrons. The lowest BCUT2D eigenvalue weighted by atomic mass is 10.0. The van der Waals surface area contributed by atoms with Crippen molar-refractivity contribution in [2.75, 3.05) is 13.1 Å². The summed E-state index contributed by atoms with van der Waals surface area (Å²) >= 11 is 0. The van der Waals surface area contributed by atoms with Gasteiger partial charge in [0.2, 0.25) is 0 Å². The fraction of sp³-hybridized carbons (Fsp3) is 0.385. The maximum atomic E-state index is 13.0. The van der Waals surface area contributed by atoms with Crippen LogP contribution in [-0.2, 0) is 12.7 Å². The smallest absolute Gasteiger partial charge is 0.316 e. The normalized spacial score (nSPS) is 16.4. The molecule has 7 heteroatoms. The summed E-state index contributed by atoms with van der Waals surface area (Å²) in [5.74, 6) is 0.269. The highest BCUT2D eigenvalue weighted by molar-refractivity contribution is 5.81. The maximum absolute atomic E-state index is 13.0. The van der Waals surface area contributed by atoms with Crippen LogP contribution in [0.4, 0.5) is 13.2 Å². The molecule has 2 aromatic rings. The molecule has 0 aliphatic carbocycles. The molecule has 1 aromatic carbocycles. The molecule has 0 amide bonds. The number of hydrogen-bond acceptors (Lipinski definition) is 3. The lowest BCUT2D eigenvalue weighted by Gasteiger charge is -2.27. The van der Waals surface area contributed by atoms with Gasteiger partial charge in [0.15, 0.2) is 0 Å². The summed E-state index contributed by atoms with van der Waals surface area (Å²) in [7, 11) is 0. The zero-order valence-electron chi connectivity index (χ0n) is 10.4. The molecule has 0 spiro atoms. The van der Waals surface area contributed by atoms with Gasteiger partial charge in [-0.2, -0.15) is 13.2 Å². The molecule has 20 heavy (non-hydrogen) atoms. The zero-order chi connectivity index (χ0) is 14.3. The van der Waals surface area contributed by atoms with Crippen LogP contribution in [0.25, 0.3) is 10.9 Å². The van der Waals surface area contributed by atoms with Crippen molar-refractivity contribution in [3.63, 3.8) is 0 Å². The second-order valence-electron chi connectivity index (χ2n) is 4.92. The predicted molar refractivity (Wildman–Crippen MR) is 67.4 cm³/mol. The van der Waals surface area contributed by atoms with Crippen LogP contribution in [0.15, 0.2) is 29.3 Å². The van der Waals surface area contributed by atoms with E-state index in [9.17, 15) is 18.0 Å². The van der Waals surface area contributed by atoms with Crippen LogP contribution < -0.4 is 10.9 Å². The number of rotatable bonds is 2. The van der Waals surface area contributed by atoms with Gasteiger partial charge in [-0.25, -0.2) is 4.98 Å². The summed E-state index contributed by atoms with van der Waals surface area (Å²) in [6.45, 7) is 1.93. The van der Waals surface area contributed by atoms with Crippen molar-refractivity contribution in [3.05, 3.63) is 40.4 Å². The Bertz CT molecular complexity index is 704. The van der Waals surface area contributed by atoms with Crippen molar-refractivity contribution in [2.24, 2.45) is 5.92 Å². The third kappa shape index (κ3) is 2.18. The Morgan fingerprint density at radius 2 is 2.10 bits per heavy atom. The summed E-state index contributed by atoms with van der Waals surface area (Å²) in [5.41, 5.74) is -1.48. The average molecular weight is 283 g/mol. The Balaban J connectivity index is 2.16. The van der Waals surface area contributed by atoms with Crippen LogP contribution in [0.3, 0.4) is 0 Å². The highest BCUT2D eigenvalue weighted by Crippen LogP contribution is 2.32. The van der Waals surface area contributed by atoms with Crippen LogP contribution in [0.5, 0.6) is 0 Å². The molecule has 1 aliphatic heterocycles. The Labute approximate surface area is 112 Å². The number of nitrogens with one attached hydrogen (secondary N) is 1. The largest absolute Gasteiger partial charge is 0.417 e. The standard InChI is InChI=1S/C13H12F3N3O/c14-13(15,16)9-2-1-3-10-11(9)12(20)19(7-18-10)6-8-4-17-5-8/h1-3,7-8,17H,4-6H2. The van der Waals surface area contributed by atoms with E-state index in [1.165, 1.54) is 23.0 Å². The number of hydrogen-bond donors (Lipinski definition) is 1. The molecule has 0 unspecified atom stereocenters. The van der Waals surface area contributed by atoms with E-state index in [1.807, 2.05) is 0 Å². The molecule has 4 nitrogen and oxygen atoms in total. The molecule has 3 rings (SSSR count). The van der Waals surface area contributed by atoms with Gasteiger partial charge >= 0.3 is 6.18 Å². The first-order chi connectivity index (χ1) is 9.47. The SMILES string of the molecule is O=c1c2c(C(F)(F)F)cccc2ncn1CC1CNC1. The van der Waals surface area contributed by atoms with E-state index in [0.717, 1.165) is 19.2 Å². The van der Waals surface area contributed by atoms with E-state index in [-0.39, 0.29) is 16.8 Å². The average Bonchev–Trinajstić information content (AvgIpc) is 2.34. The van der Waals surface area contributed by atoms with E-state index in [2.05, 4.69) is 10.3 Å². The lowest BCUT2D eigenvalue weighted by Crippen LogP contribution is -2.45. The van der Waals surface area contributed by atoms with Gasteiger partial charge in [-0.1, -0.05) is 6.07 Å². The van der Waals surface area contributed by atoms with Crippen LogP contribution in [0.1, 0.15) is 5.56 Å². The molecule has 1 N–H and O–H groups in total. The molecule has 1 saturated heterocycles. The minimum absolute atomic E-state index is 0.0767. The van der Waals surface area contributed by atoms with Crippen LogP contribution >= 0.6 is 0 Å². The third-order valence-corrected chi connectivity index (χ3v) is 3.48. The topological polar surface area (TPSA) is 46.9 Å². The molecular weight excluding hydrogens is 271 g/mol. The van der Waals surface area contributed by atoms with Crippen molar-refractivity contribution < 1.29 is 13.2 Å². The van der Waals surface area contributed by atoms with E-state index >= 15 is 0 Å². The van der Waals surface area contributed by atoms with Gasteiger partial charge in [0, 0.05) is 25.6 Å². The van der Waals surface area contributed by atoms with Crippen LogP contribution in [0, 0.1) is 5.92 Å². The van der Waals surface area contributed by atoms with E-state index in [0.29, 0.717) is 6.54 Å². The molecule has 0 bridgehead atoms. The van der Waals surface area contributed by atoms with Gasteiger partial charge in [-0.05, 0) is 12.1 Å². The highest BCUT2D eigenvalue weighted by atomic mass is 19.4. The minimum Gasteiger partial charge on any atom is -0.316 e. The fourth-order valence-electron chi connectivity index (χ4n) is 2.32. The van der Waals surface area contributed by atoms with Crippen LogP contribution in [-0.4, -0.2) is 22.6 Å². The first-order valence-electron chi connectivity index (χ1n) is 6.23. The number of benzene rings is 1. The monoisotopic (exact) mass is 283 g/mol. The molecule has 1 aromatic heterocycles. The summed E-state index contributed by atoms with van der Waals surface area (Å²) < 4.78 is 40.2. The quantitative estimate of drug-likeness (QED) is 0.911. The van der Waals surface area contributed by atoms with E-state index in [4.69, 9.17) is 0 Å². The molecule has 0 saturated carbocycles.